The largest absolute Gasteiger partial charge is 0.294 e. The topological polar surface area (TPSA) is 34.9 Å². The molecule has 0 atom stereocenters. The molecule has 0 spiro atoms. The molecule has 3 heteroatoms. The number of hydrogen-bond donors (Lipinski definition) is 0. The van der Waals surface area contributed by atoms with E-state index < -0.39 is 0 Å². The first kappa shape index (κ1) is 11.6. The molecule has 2 rings (SSSR count). The molecule has 0 aliphatic carbocycles. The Bertz CT molecular complexity index is 511. The zero-order valence-electron chi connectivity index (χ0n) is 10.2. The van der Waals surface area contributed by atoms with Crippen molar-refractivity contribution in [2.24, 2.45) is 7.05 Å². The molecule has 0 unspecified atom stereocenters. The maximum atomic E-state index is 12.0. The molecule has 88 valence electrons. The SMILES string of the molecule is CCc1ccc(C(=O)Cc2ccn(C)n2)cc1. The summed E-state index contributed by atoms with van der Waals surface area (Å²) in [5, 5.41) is 4.21. The van der Waals surface area contributed by atoms with E-state index >= 15 is 0 Å². The van der Waals surface area contributed by atoms with Crippen molar-refractivity contribution in [2.75, 3.05) is 0 Å². The summed E-state index contributed by atoms with van der Waals surface area (Å²) in [6.45, 7) is 2.10. The van der Waals surface area contributed by atoms with Gasteiger partial charge in [-0.3, -0.25) is 9.48 Å². The minimum atomic E-state index is 0.117. The molecule has 0 amide bonds. The van der Waals surface area contributed by atoms with Crippen LogP contribution in [0.5, 0.6) is 0 Å². The smallest absolute Gasteiger partial charge is 0.168 e. The van der Waals surface area contributed by atoms with E-state index in [1.54, 1.807) is 4.68 Å². The predicted molar refractivity (Wildman–Crippen MR) is 67.1 cm³/mol. The van der Waals surface area contributed by atoms with Gasteiger partial charge in [-0.25, -0.2) is 0 Å². The number of carbonyl (C=O) groups excluding carboxylic acids is 1. The summed E-state index contributed by atoms with van der Waals surface area (Å²) < 4.78 is 1.71. The zero-order valence-corrected chi connectivity index (χ0v) is 10.2. The van der Waals surface area contributed by atoms with Crippen LogP contribution < -0.4 is 0 Å². The summed E-state index contributed by atoms with van der Waals surface area (Å²) in [5.74, 6) is 0.117. The van der Waals surface area contributed by atoms with Gasteiger partial charge in [0.15, 0.2) is 5.78 Å². The highest BCUT2D eigenvalue weighted by Gasteiger charge is 2.08. The highest BCUT2D eigenvalue weighted by Crippen LogP contribution is 2.08. The molecule has 1 heterocycles. The molecule has 1 aromatic heterocycles. The molecular formula is C14H16N2O. The normalized spacial score (nSPS) is 10.5. The van der Waals surface area contributed by atoms with Gasteiger partial charge >= 0.3 is 0 Å². The zero-order chi connectivity index (χ0) is 12.3. The van der Waals surface area contributed by atoms with E-state index in [0.717, 1.165) is 17.7 Å². The van der Waals surface area contributed by atoms with Gasteiger partial charge in [0.05, 0.1) is 12.1 Å². The van der Waals surface area contributed by atoms with Crippen molar-refractivity contribution < 1.29 is 4.79 Å². The second-order valence-electron chi connectivity index (χ2n) is 4.13. The second-order valence-corrected chi connectivity index (χ2v) is 4.13. The molecule has 0 aliphatic rings. The van der Waals surface area contributed by atoms with Gasteiger partial charge < -0.3 is 0 Å². The summed E-state index contributed by atoms with van der Waals surface area (Å²) in [6, 6.07) is 9.67. The third kappa shape index (κ3) is 2.81. The minimum absolute atomic E-state index is 0.117. The summed E-state index contributed by atoms with van der Waals surface area (Å²) in [4.78, 5) is 12.0. The number of rotatable bonds is 4. The van der Waals surface area contributed by atoms with E-state index in [9.17, 15) is 4.79 Å². The fourth-order valence-electron chi connectivity index (χ4n) is 1.75. The maximum absolute atomic E-state index is 12.0. The van der Waals surface area contributed by atoms with Gasteiger partial charge in [0.2, 0.25) is 0 Å². The summed E-state index contributed by atoms with van der Waals surface area (Å²) in [5.41, 5.74) is 2.82. The van der Waals surface area contributed by atoms with Gasteiger partial charge in [0, 0.05) is 18.8 Å². The number of benzene rings is 1. The summed E-state index contributed by atoms with van der Waals surface area (Å²) >= 11 is 0. The molecule has 17 heavy (non-hydrogen) atoms. The quantitative estimate of drug-likeness (QED) is 0.753. The van der Waals surface area contributed by atoms with Crippen molar-refractivity contribution in [3.05, 3.63) is 53.3 Å². The van der Waals surface area contributed by atoms with Crippen LogP contribution in [0.4, 0.5) is 0 Å². The molecule has 1 aromatic carbocycles. The third-order valence-electron chi connectivity index (χ3n) is 2.79. The lowest BCUT2D eigenvalue weighted by Gasteiger charge is -2.00. The molecule has 0 saturated heterocycles. The van der Waals surface area contributed by atoms with Crippen molar-refractivity contribution in [3.8, 4) is 0 Å². The number of Topliss-reactive ketones (excluding diaryl/α,β-unsaturated/α-hetero) is 1. The Kier molecular flexibility index (Phi) is 3.38. The molecule has 0 radical (unpaired) electrons. The van der Waals surface area contributed by atoms with E-state index in [-0.39, 0.29) is 5.78 Å². The van der Waals surface area contributed by atoms with Crippen LogP contribution in [0.1, 0.15) is 28.5 Å². The third-order valence-corrected chi connectivity index (χ3v) is 2.79. The molecule has 0 N–H and O–H groups in total. The van der Waals surface area contributed by atoms with Gasteiger partial charge in [0.25, 0.3) is 0 Å². The molecule has 0 bridgehead atoms. The van der Waals surface area contributed by atoms with E-state index in [1.807, 2.05) is 43.6 Å². The fraction of sp³-hybridized carbons (Fsp3) is 0.286. The van der Waals surface area contributed by atoms with Gasteiger partial charge in [-0.2, -0.15) is 5.10 Å². The Labute approximate surface area is 101 Å². The lowest BCUT2D eigenvalue weighted by molar-refractivity contribution is 0.0992. The van der Waals surface area contributed by atoms with E-state index in [4.69, 9.17) is 0 Å². The lowest BCUT2D eigenvalue weighted by Crippen LogP contribution is -2.04. The van der Waals surface area contributed by atoms with Crippen LogP contribution in [0, 0.1) is 0 Å². The summed E-state index contributed by atoms with van der Waals surface area (Å²) in [6.07, 6.45) is 3.21. The molecular weight excluding hydrogens is 212 g/mol. The second kappa shape index (κ2) is 4.95. The predicted octanol–water partition coefficient (Wildman–Crippen LogP) is 2.41. The average molecular weight is 228 g/mol. The molecule has 0 saturated carbocycles. The van der Waals surface area contributed by atoms with Gasteiger partial charge in [-0.05, 0) is 18.1 Å². The Morgan fingerprint density at radius 2 is 1.94 bits per heavy atom. The number of aryl methyl sites for hydroxylation is 2. The van der Waals surface area contributed by atoms with Crippen LogP contribution in [-0.4, -0.2) is 15.6 Å². The minimum Gasteiger partial charge on any atom is -0.294 e. The molecule has 3 nitrogen and oxygen atoms in total. The van der Waals surface area contributed by atoms with Gasteiger partial charge in [0.1, 0.15) is 0 Å². The van der Waals surface area contributed by atoms with Crippen LogP contribution in [0.2, 0.25) is 0 Å². The monoisotopic (exact) mass is 228 g/mol. The number of carbonyl (C=O) groups is 1. The van der Waals surface area contributed by atoms with E-state index in [1.165, 1.54) is 5.56 Å². The first-order valence-electron chi connectivity index (χ1n) is 5.79. The van der Waals surface area contributed by atoms with Crippen LogP contribution in [0.15, 0.2) is 36.5 Å². The van der Waals surface area contributed by atoms with E-state index in [0.29, 0.717) is 6.42 Å². The number of aromatic nitrogens is 2. The first-order valence-corrected chi connectivity index (χ1v) is 5.79. The fourth-order valence-corrected chi connectivity index (χ4v) is 1.75. The first-order chi connectivity index (χ1) is 8.19. The van der Waals surface area contributed by atoms with Gasteiger partial charge in [-0.1, -0.05) is 31.2 Å². The van der Waals surface area contributed by atoms with Crippen LogP contribution >= 0.6 is 0 Å². The van der Waals surface area contributed by atoms with Crippen LogP contribution in [0.25, 0.3) is 0 Å². The maximum Gasteiger partial charge on any atom is 0.168 e. The highest BCUT2D eigenvalue weighted by atomic mass is 16.1. The Hall–Kier alpha value is -1.90. The van der Waals surface area contributed by atoms with Crippen molar-refractivity contribution >= 4 is 5.78 Å². The van der Waals surface area contributed by atoms with Crippen molar-refractivity contribution in [3.63, 3.8) is 0 Å². The number of ketones is 1. The highest BCUT2D eigenvalue weighted by molar-refractivity contribution is 5.97. The number of nitrogens with zero attached hydrogens (tertiary/aromatic N) is 2. The Balaban J connectivity index is 2.09. The van der Waals surface area contributed by atoms with Crippen molar-refractivity contribution in [2.45, 2.75) is 19.8 Å². The Morgan fingerprint density at radius 1 is 1.24 bits per heavy atom. The van der Waals surface area contributed by atoms with E-state index in [2.05, 4.69) is 12.0 Å². The number of hydrogen-bond acceptors (Lipinski definition) is 2. The molecule has 2 aromatic rings. The molecule has 0 aliphatic heterocycles. The summed E-state index contributed by atoms with van der Waals surface area (Å²) in [7, 11) is 1.85. The van der Waals surface area contributed by atoms with Crippen LogP contribution in [0.3, 0.4) is 0 Å². The Morgan fingerprint density at radius 3 is 2.47 bits per heavy atom. The molecule has 0 fully saturated rings. The average Bonchev–Trinajstić information content (AvgIpc) is 2.75. The van der Waals surface area contributed by atoms with Crippen molar-refractivity contribution in [1.29, 1.82) is 0 Å². The standard InChI is InChI=1S/C14H16N2O/c1-3-11-4-6-12(7-5-11)14(17)10-13-8-9-16(2)15-13/h4-9H,3,10H2,1-2H3. The van der Waals surface area contributed by atoms with Crippen molar-refractivity contribution in [1.82, 2.24) is 9.78 Å². The van der Waals surface area contributed by atoms with Gasteiger partial charge in [-0.15, -0.1) is 0 Å². The van der Waals surface area contributed by atoms with Crippen LogP contribution in [-0.2, 0) is 19.9 Å². The lowest BCUT2D eigenvalue weighted by atomic mass is 10.0.